The van der Waals surface area contributed by atoms with Gasteiger partial charge in [0.25, 0.3) is 0 Å². The summed E-state index contributed by atoms with van der Waals surface area (Å²) in [6, 6.07) is 1.97. The average Bonchev–Trinajstić information content (AvgIpc) is 2.51. The molecule has 1 fully saturated rings. The summed E-state index contributed by atoms with van der Waals surface area (Å²) < 4.78 is 11.4. The third-order valence-electron chi connectivity index (χ3n) is 3.31. The molecule has 0 radical (unpaired) electrons. The molecular formula is C16H24N4O2. The Kier molecular flexibility index (Phi) is 5.69. The Balaban J connectivity index is 2.03. The number of nitriles is 1. The van der Waals surface area contributed by atoms with Gasteiger partial charge in [-0.1, -0.05) is 20.8 Å². The van der Waals surface area contributed by atoms with Crippen LogP contribution in [0.3, 0.4) is 0 Å². The molecule has 1 saturated heterocycles. The number of nitrogens with one attached hydrogen (secondary N) is 1. The lowest BCUT2D eigenvalue weighted by molar-refractivity contribution is -0.168. The molecule has 6 nitrogen and oxygen atoms in total. The van der Waals surface area contributed by atoms with Crippen LogP contribution in [0.15, 0.2) is 6.20 Å². The first-order valence-electron chi connectivity index (χ1n) is 7.71. The summed E-state index contributed by atoms with van der Waals surface area (Å²) in [5.74, 6) is 0.825. The van der Waals surface area contributed by atoms with Crippen molar-refractivity contribution >= 4 is 5.82 Å². The van der Waals surface area contributed by atoms with Crippen molar-refractivity contribution in [2.75, 3.05) is 18.5 Å². The van der Waals surface area contributed by atoms with E-state index in [1.54, 1.807) is 6.20 Å². The molecular weight excluding hydrogens is 280 g/mol. The number of hydrogen-bond acceptors (Lipinski definition) is 6. The van der Waals surface area contributed by atoms with E-state index in [1.165, 1.54) is 0 Å². The van der Waals surface area contributed by atoms with E-state index in [4.69, 9.17) is 14.7 Å². The minimum absolute atomic E-state index is 0.113. The fourth-order valence-corrected chi connectivity index (χ4v) is 2.09. The van der Waals surface area contributed by atoms with Crippen LogP contribution >= 0.6 is 0 Å². The van der Waals surface area contributed by atoms with E-state index in [2.05, 4.69) is 36.1 Å². The van der Waals surface area contributed by atoms with Crippen LogP contribution in [0, 0.1) is 16.7 Å². The van der Waals surface area contributed by atoms with E-state index in [0.29, 0.717) is 12.4 Å². The van der Waals surface area contributed by atoms with Gasteiger partial charge in [-0.15, -0.1) is 0 Å². The van der Waals surface area contributed by atoms with E-state index in [-0.39, 0.29) is 17.5 Å². The predicted octanol–water partition coefficient (Wildman–Crippen LogP) is 2.85. The lowest BCUT2D eigenvalue weighted by atomic mass is 9.97. The summed E-state index contributed by atoms with van der Waals surface area (Å²) in [5, 5.41) is 12.3. The Morgan fingerprint density at radius 3 is 2.91 bits per heavy atom. The molecule has 1 aromatic heterocycles. The molecule has 22 heavy (non-hydrogen) atoms. The number of anilines is 1. The second kappa shape index (κ2) is 7.52. The molecule has 1 atom stereocenters. The van der Waals surface area contributed by atoms with E-state index in [9.17, 15) is 0 Å². The molecule has 1 aliphatic rings. The SMILES string of the molecule is CC(C)(C)CNc1nc(C#N)ncc1COC1CCCCO1. The minimum Gasteiger partial charge on any atom is -0.369 e. The van der Waals surface area contributed by atoms with Gasteiger partial charge in [0.15, 0.2) is 6.29 Å². The van der Waals surface area contributed by atoms with Gasteiger partial charge in [0.1, 0.15) is 11.9 Å². The van der Waals surface area contributed by atoms with Crippen molar-refractivity contribution in [1.82, 2.24) is 9.97 Å². The molecule has 0 spiro atoms. The predicted molar refractivity (Wildman–Crippen MR) is 83.1 cm³/mol. The van der Waals surface area contributed by atoms with E-state index in [1.807, 2.05) is 6.07 Å². The number of rotatable bonds is 5. The first kappa shape index (κ1) is 16.7. The van der Waals surface area contributed by atoms with E-state index < -0.39 is 0 Å². The van der Waals surface area contributed by atoms with Crippen LogP contribution in [0.4, 0.5) is 5.82 Å². The van der Waals surface area contributed by atoms with Crippen LogP contribution in [0.2, 0.25) is 0 Å². The number of nitrogens with zero attached hydrogens (tertiary/aromatic N) is 3. The van der Waals surface area contributed by atoms with Crippen molar-refractivity contribution in [2.24, 2.45) is 5.41 Å². The normalized spacial score (nSPS) is 18.7. The van der Waals surface area contributed by atoms with Crippen molar-refractivity contribution in [3.05, 3.63) is 17.6 Å². The molecule has 1 unspecified atom stereocenters. The summed E-state index contributed by atoms with van der Waals surface area (Å²) in [7, 11) is 0. The Labute approximate surface area is 131 Å². The highest BCUT2D eigenvalue weighted by Crippen LogP contribution is 2.20. The van der Waals surface area contributed by atoms with Crippen LogP contribution in [-0.4, -0.2) is 29.4 Å². The van der Waals surface area contributed by atoms with Crippen LogP contribution in [0.5, 0.6) is 0 Å². The lowest BCUT2D eigenvalue weighted by Crippen LogP contribution is -2.23. The van der Waals surface area contributed by atoms with Crippen molar-refractivity contribution < 1.29 is 9.47 Å². The van der Waals surface area contributed by atoms with Crippen LogP contribution < -0.4 is 5.32 Å². The Bertz CT molecular complexity index is 528. The second-order valence-corrected chi connectivity index (χ2v) is 6.70. The molecule has 0 aliphatic carbocycles. The summed E-state index contributed by atoms with van der Waals surface area (Å²) in [6.07, 6.45) is 4.64. The third kappa shape index (κ3) is 5.24. The summed E-state index contributed by atoms with van der Waals surface area (Å²) in [6.45, 7) is 8.30. The molecule has 1 aliphatic heterocycles. The number of hydrogen-bond donors (Lipinski definition) is 1. The molecule has 0 saturated carbocycles. The third-order valence-corrected chi connectivity index (χ3v) is 3.31. The standard InChI is InChI=1S/C16H24N4O2/c1-16(2,3)11-19-15-12(9-18-13(8-17)20-15)10-22-14-6-4-5-7-21-14/h9,14H,4-7,10-11H2,1-3H3,(H,18,19,20). The highest BCUT2D eigenvalue weighted by molar-refractivity contribution is 5.44. The van der Waals surface area contributed by atoms with Crippen LogP contribution in [0.25, 0.3) is 0 Å². The fraction of sp³-hybridized carbons (Fsp3) is 0.688. The minimum atomic E-state index is -0.153. The zero-order chi connectivity index (χ0) is 16.0. The molecule has 0 bridgehead atoms. The molecule has 2 rings (SSSR count). The highest BCUT2D eigenvalue weighted by Gasteiger charge is 2.17. The summed E-state index contributed by atoms with van der Waals surface area (Å²) in [5.41, 5.74) is 0.958. The van der Waals surface area contributed by atoms with E-state index >= 15 is 0 Å². The van der Waals surface area contributed by atoms with Gasteiger partial charge >= 0.3 is 0 Å². The molecule has 0 amide bonds. The van der Waals surface area contributed by atoms with Crippen LogP contribution in [-0.2, 0) is 16.1 Å². The van der Waals surface area contributed by atoms with Crippen molar-refractivity contribution in [2.45, 2.75) is 52.9 Å². The Hall–Kier alpha value is -1.71. The van der Waals surface area contributed by atoms with Gasteiger partial charge < -0.3 is 14.8 Å². The zero-order valence-electron chi connectivity index (χ0n) is 13.6. The van der Waals surface area contributed by atoms with Gasteiger partial charge in [-0.25, -0.2) is 9.97 Å². The maximum absolute atomic E-state index is 8.96. The second-order valence-electron chi connectivity index (χ2n) is 6.70. The molecule has 6 heteroatoms. The fourth-order valence-electron chi connectivity index (χ4n) is 2.09. The van der Waals surface area contributed by atoms with Gasteiger partial charge in [0.05, 0.1) is 6.61 Å². The first-order valence-corrected chi connectivity index (χ1v) is 7.71. The summed E-state index contributed by atoms with van der Waals surface area (Å²) in [4.78, 5) is 8.29. The van der Waals surface area contributed by atoms with Gasteiger partial charge in [-0.2, -0.15) is 5.26 Å². The van der Waals surface area contributed by atoms with Crippen molar-refractivity contribution in [3.8, 4) is 6.07 Å². The number of aromatic nitrogens is 2. The van der Waals surface area contributed by atoms with Crippen molar-refractivity contribution in [1.29, 1.82) is 5.26 Å². The topological polar surface area (TPSA) is 80.1 Å². The maximum Gasteiger partial charge on any atom is 0.234 e. The van der Waals surface area contributed by atoms with Crippen LogP contribution in [0.1, 0.15) is 51.4 Å². The average molecular weight is 304 g/mol. The maximum atomic E-state index is 8.96. The smallest absolute Gasteiger partial charge is 0.234 e. The first-order chi connectivity index (χ1) is 10.5. The Morgan fingerprint density at radius 1 is 1.45 bits per heavy atom. The molecule has 1 N–H and O–H groups in total. The zero-order valence-corrected chi connectivity index (χ0v) is 13.6. The summed E-state index contributed by atoms with van der Waals surface area (Å²) >= 11 is 0. The van der Waals surface area contributed by atoms with Gasteiger partial charge in [0, 0.05) is 24.9 Å². The number of ether oxygens (including phenoxy) is 2. The van der Waals surface area contributed by atoms with E-state index in [0.717, 1.165) is 38.0 Å². The van der Waals surface area contributed by atoms with Gasteiger partial charge in [0.2, 0.25) is 5.82 Å². The monoisotopic (exact) mass is 304 g/mol. The van der Waals surface area contributed by atoms with Gasteiger partial charge in [-0.05, 0) is 24.7 Å². The lowest BCUT2D eigenvalue weighted by Gasteiger charge is -2.24. The Morgan fingerprint density at radius 2 is 2.27 bits per heavy atom. The van der Waals surface area contributed by atoms with Crippen molar-refractivity contribution in [3.63, 3.8) is 0 Å². The molecule has 0 aromatic carbocycles. The largest absolute Gasteiger partial charge is 0.369 e. The highest BCUT2D eigenvalue weighted by atomic mass is 16.7. The molecule has 120 valence electrons. The molecule has 2 heterocycles. The van der Waals surface area contributed by atoms with Gasteiger partial charge in [-0.3, -0.25) is 0 Å². The quantitative estimate of drug-likeness (QED) is 0.901. The molecule has 1 aromatic rings.